The molecule has 1 N–H and O–H groups in total. The molecule has 0 aromatic carbocycles. The largest absolute Gasteiger partial charge is 0.357 e. The van der Waals surface area contributed by atoms with Crippen LogP contribution in [-0.4, -0.2) is 31.7 Å². The van der Waals surface area contributed by atoms with Gasteiger partial charge in [0.25, 0.3) is 0 Å². The van der Waals surface area contributed by atoms with Gasteiger partial charge >= 0.3 is 0 Å². The first-order valence-electron chi connectivity index (χ1n) is 4.88. The zero-order chi connectivity index (χ0) is 11.3. The molecule has 0 spiro atoms. The molecule has 0 unspecified atom stereocenters. The van der Waals surface area contributed by atoms with E-state index in [1.165, 1.54) is 0 Å². The Labute approximate surface area is 104 Å². The Morgan fingerprint density at radius 3 is 2.93 bits per heavy atom. The predicted molar refractivity (Wildman–Crippen MR) is 68.8 cm³/mol. The van der Waals surface area contributed by atoms with Crippen LogP contribution in [0.4, 0.5) is 5.82 Å². The van der Waals surface area contributed by atoms with Crippen molar-refractivity contribution in [2.24, 2.45) is 0 Å². The standard InChI is InChI=1S/C10H15BrClN3/c1-3-13-4-5-15(2)10-9(12)6-8(11)7-14-10/h6-7,13H,3-5H2,1-2H3. The molecule has 15 heavy (non-hydrogen) atoms. The third-order valence-corrected chi connectivity index (χ3v) is 2.74. The van der Waals surface area contributed by atoms with Gasteiger partial charge in [-0.2, -0.15) is 0 Å². The third kappa shape index (κ3) is 3.97. The van der Waals surface area contributed by atoms with Crippen molar-refractivity contribution < 1.29 is 0 Å². The van der Waals surface area contributed by atoms with Gasteiger partial charge in [0.1, 0.15) is 5.82 Å². The van der Waals surface area contributed by atoms with E-state index >= 15 is 0 Å². The van der Waals surface area contributed by atoms with Gasteiger partial charge in [0.15, 0.2) is 0 Å². The third-order valence-electron chi connectivity index (χ3n) is 2.02. The lowest BCUT2D eigenvalue weighted by molar-refractivity contribution is 0.703. The summed E-state index contributed by atoms with van der Waals surface area (Å²) in [5.74, 6) is 0.817. The molecule has 84 valence electrons. The van der Waals surface area contributed by atoms with Crippen LogP contribution in [0.15, 0.2) is 16.7 Å². The van der Waals surface area contributed by atoms with Crippen molar-refractivity contribution in [1.29, 1.82) is 0 Å². The average Bonchev–Trinajstić information content (AvgIpc) is 2.17. The molecule has 1 heterocycles. The Morgan fingerprint density at radius 1 is 1.60 bits per heavy atom. The Morgan fingerprint density at radius 2 is 2.33 bits per heavy atom. The topological polar surface area (TPSA) is 28.2 Å². The fraction of sp³-hybridized carbons (Fsp3) is 0.500. The van der Waals surface area contributed by atoms with Crippen molar-refractivity contribution in [2.45, 2.75) is 6.92 Å². The van der Waals surface area contributed by atoms with Crippen LogP contribution < -0.4 is 10.2 Å². The fourth-order valence-corrected chi connectivity index (χ4v) is 1.99. The lowest BCUT2D eigenvalue weighted by atomic mass is 10.4. The van der Waals surface area contributed by atoms with Crippen LogP contribution in [0.3, 0.4) is 0 Å². The van der Waals surface area contributed by atoms with E-state index in [1.807, 2.05) is 18.0 Å². The summed E-state index contributed by atoms with van der Waals surface area (Å²) in [6.45, 7) is 4.89. The van der Waals surface area contributed by atoms with E-state index in [1.54, 1.807) is 6.20 Å². The Balaban J connectivity index is 2.61. The van der Waals surface area contributed by atoms with Gasteiger partial charge in [-0.3, -0.25) is 0 Å². The van der Waals surface area contributed by atoms with Crippen molar-refractivity contribution >= 4 is 33.3 Å². The van der Waals surface area contributed by atoms with Gasteiger partial charge in [-0.15, -0.1) is 0 Å². The van der Waals surface area contributed by atoms with Gasteiger partial charge in [0, 0.05) is 30.8 Å². The van der Waals surface area contributed by atoms with Gasteiger partial charge in [-0.1, -0.05) is 18.5 Å². The van der Waals surface area contributed by atoms with Crippen LogP contribution in [0.1, 0.15) is 6.92 Å². The van der Waals surface area contributed by atoms with E-state index in [-0.39, 0.29) is 0 Å². The number of hydrogen-bond acceptors (Lipinski definition) is 3. The lowest BCUT2D eigenvalue weighted by Crippen LogP contribution is -2.29. The van der Waals surface area contributed by atoms with Crippen LogP contribution >= 0.6 is 27.5 Å². The molecule has 0 aliphatic rings. The Hall–Kier alpha value is -0.320. The zero-order valence-electron chi connectivity index (χ0n) is 8.93. The molecule has 0 aliphatic carbocycles. The predicted octanol–water partition coefficient (Wildman–Crippen LogP) is 2.54. The molecule has 1 aromatic heterocycles. The number of pyridine rings is 1. The van der Waals surface area contributed by atoms with Gasteiger partial charge in [-0.05, 0) is 28.5 Å². The SMILES string of the molecule is CCNCCN(C)c1ncc(Br)cc1Cl. The lowest BCUT2D eigenvalue weighted by Gasteiger charge is -2.19. The second-order valence-corrected chi connectivity index (χ2v) is 4.56. The Kier molecular flexibility index (Phi) is 5.36. The van der Waals surface area contributed by atoms with Crippen molar-refractivity contribution in [3.8, 4) is 0 Å². The van der Waals surface area contributed by atoms with E-state index in [4.69, 9.17) is 11.6 Å². The van der Waals surface area contributed by atoms with Crippen LogP contribution in [0, 0.1) is 0 Å². The average molecular weight is 293 g/mol. The first-order valence-corrected chi connectivity index (χ1v) is 6.05. The number of aromatic nitrogens is 1. The number of anilines is 1. The van der Waals surface area contributed by atoms with Crippen LogP contribution in [-0.2, 0) is 0 Å². The molecule has 5 heteroatoms. The number of rotatable bonds is 5. The summed E-state index contributed by atoms with van der Waals surface area (Å²) in [4.78, 5) is 6.31. The smallest absolute Gasteiger partial charge is 0.147 e. The maximum atomic E-state index is 6.08. The molecule has 1 aromatic rings. The zero-order valence-corrected chi connectivity index (χ0v) is 11.3. The van der Waals surface area contributed by atoms with Crippen molar-refractivity contribution in [3.63, 3.8) is 0 Å². The highest BCUT2D eigenvalue weighted by atomic mass is 79.9. The van der Waals surface area contributed by atoms with E-state index in [2.05, 4.69) is 33.2 Å². The highest BCUT2D eigenvalue weighted by Gasteiger charge is 2.07. The van der Waals surface area contributed by atoms with Crippen LogP contribution in [0.5, 0.6) is 0 Å². The van der Waals surface area contributed by atoms with Crippen molar-refractivity contribution in [3.05, 3.63) is 21.8 Å². The number of halogens is 2. The fourth-order valence-electron chi connectivity index (χ4n) is 1.22. The molecular weight excluding hydrogens is 277 g/mol. The normalized spacial score (nSPS) is 10.4. The highest BCUT2D eigenvalue weighted by Crippen LogP contribution is 2.24. The molecule has 0 radical (unpaired) electrons. The maximum Gasteiger partial charge on any atom is 0.147 e. The summed E-state index contributed by atoms with van der Waals surface area (Å²) < 4.78 is 0.899. The van der Waals surface area contributed by atoms with E-state index in [9.17, 15) is 0 Å². The van der Waals surface area contributed by atoms with E-state index < -0.39 is 0 Å². The minimum atomic E-state index is 0.670. The Bertz CT molecular complexity index is 320. The van der Waals surface area contributed by atoms with Crippen molar-refractivity contribution in [2.75, 3.05) is 31.6 Å². The molecule has 0 amide bonds. The maximum absolute atomic E-state index is 6.08. The molecular formula is C10H15BrClN3. The molecule has 0 saturated carbocycles. The summed E-state index contributed by atoms with van der Waals surface area (Å²) in [6.07, 6.45) is 1.75. The molecule has 0 aliphatic heterocycles. The minimum absolute atomic E-state index is 0.670. The number of likely N-dealkylation sites (N-methyl/N-ethyl adjacent to an activating group) is 2. The molecule has 0 saturated heterocycles. The highest BCUT2D eigenvalue weighted by molar-refractivity contribution is 9.10. The second-order valence-electron chi connectivity index (χ2n) is 3.23. The summed E-state index contributed by atoms with van der Waals surface area (Å²) in [6, 6.07) is 1.85. The monoisotopic (exact) mass is 291 g/mol. The van der Waals surface area contributed by atoms with Crippen LogP contribution in [0.2, 0.25) is 5.02 Å². The van der Waals surface area contributed by atoms with Gasteiger partial charge in [-0.25, -0.2) is 4.98 Å². The van der Waals surface area contributed by atoms with Gasteiger partial charge in [0.2, 0.25) is 0 Å². The van der Waals surface area contributed by atoms with Crippen LogP contribution in [0.25, 0.3) is 0 Å². The van der Waals surface area contributed by atoms with E-state index in [0.29, 0.717) is 5.02 Å². The number of hydrogen-bond donors (Lipinski definition) is 1. The summed E-state index contributed by atoms with van der Waals surface area (Å²) in [7, 11) is 1.99. The first-order chi connectivity index (χ1) is 7.15. The van der Waals surface area contributed by atoms with E-state index in [0.717, 1.165) is 29.9 Å². The molecule has 3 nitrogen and oxygen atoms in total. The summed E-state index contributed by atoms with van der Waals surface area (Å²) in [5.41, 5.74) is 0. The minimum Gasteiger partial charge on any atom is -0.357 e. The number of nitrogens with zero attached hydrogens (tertiary/aromatic N) is 2. The molecule has 0 fully saturated rings. The summed E-state index contributed by atoms with van der Waals surface area (Å²) in [5, 5.41) is 3.93. The molecule has 0 atom stereocenters. The second kappa shape index (κ2) is 6.30. The number of nitrogens with one attached hydrogen (secondary N) is 1. The molecule has 0 bridgehead atoms. The molecule has 1 rings (SSSR count). The summed E-state index contributed by atoms with van der Waals surface area (Å²) >= 11 is 9.41. The van der Waals surface area contributed by atoms with Gasteiger partial charge < -0.3 is 10.2 Å². The quantitative estimate of drug-likeness (QED) is 0.846. The van der Waals surface area contributed by atoms with Crippen molar-refractivity contribution in [1.82, 2.24) is 10.3 Å². The first kappa shape index (κ1) is 12.7. The van der Waals surface area contributed by atoms with Gasteiger partial charge in [0.05, 0.1) is 5.02 Å².